The molecule has 1 amide bonds. The van der Waals surface area contributed by atoms with Crippen LogP contribution in [0.4, 0.5) is 0 Å². The van der Waals surface area contributed by atoms with E-state index in [1.54, 1.807) is 0 Å². The summed E-state index contributed by atoms with van der Waals surface area (Å²) in [6, 6.07) is -0.907. The monoisotopic (exact) mass is 758 g/mol. The molecule has 7 N–H and O–H groups in total. The number of carbonyl (C=O) groups excluding carboxylic acids is 1. The Labute approximate surface area is 323 Å². The van der Waals surface area contributed by atoms with Gasteiger partial charge in [-0.3, -0.25) is 4.79 Å². The number of aliphatic hydroxyl groups is 6. The zero-order chi connectivity index (χ0) is 39.1. The highest BCUT2D eigenvalue weighted by Gasteiger charge is 2.44. The Kier molecular flexibility index (Phi) is 31.1. The first-order valence-corrected chi connectivity index (χ1v) is 21.9. The largest absolute Gasteiger partial charge is 0.394 e. The Bertz CT molecular complexity index is 888. The van der Waals surface area contributed by atoms with E-state index in [0.29, 0.717) is 12.8 Å². The SMILES string of the molecule is CCCCCCCCCCCCC[C@@H](O)C(=O)N[C@@H](CO[C@@H]1O[C@H](CO)[C@@H](O)[C@H](O)[C@H]1O)[C@H](O)CCCC/C=C(\C)CCCCCCCCCCCC. The van der Waals surface area contributed by atoms with E-state index in [-0.39, 0.29) is 6.61 Å². The number of allylic oxidation sites excluding steroid dienone is 2. The van der Waals surface area contributed by atoms with Gasteiger partial charge in [-0.25, -0.2) is 0 Å². The maximum Gasteiger partial charge on any atom is 0.249 e. The van der Waals surface area contributed by atoms with E-state index in [4.69, 9.17) is 9.47 Å². The molecule has 0 aliphatic carbocycles. The third-order valence-corrected chi connectivity index (χ3v) is 10.8. The summed E-state index contributed by atoms with van der Waals surface area (Å²) in [5, 5.41) is 64.7. The molecule has 0 aromatic rings. The lowest BCUT2D eigenvalue weighted by Gasteiger charge is -2.40. The number of ether oxygens (including phenoxy) is 2. The fourth-order valence-electron chi connectivity index (χ4n) is 7.11. The molecule has 0 aromatic heterocycles. The first-order valence-electron chi connectivity index (χ1n) is 21.9. The van der Waals surface area contributed by atoms with Crippen molar-refractivity contribution in [1.29, 1.82) is 0 Å². The molecule has 0 unspecified atom stereocenters. The van der Waals surface area contributed by atoms with Gasteiger partial charge in [0, 0.05) is 0 Å². The van der Waals surface area contributed by atoms with Crippen molar-refractivity contribution in [2.75, 3.05) is 13.2 Å². The summed E-state index contributed by atoms with van der Waals surface area (Å²) >= 11 is 0. The summed E-state index contributed by atoms with van der Waals surface area (Å²) in [6.07, 6.45) is 23.4. The average Bonchev–Trinajstić information content (AvgIpc) is 3.15. The first-order chi connectivity index (χ1) is 25.7. The van der Waals surface area contributed by atoms with E-state index >= 15 is 0 Å². The fourth-order valence-corrected chi connectivity index (χ4v) is 7.11. The lowest BCUT2D eigenvalue weighted by atomic mass is 9.99. The van der Waals surface area contributed by atoms with Gasteiger partial charge in [-0.05, 0) is 45.4 Å². The predicted octanol–water partition coefficient (Wildman–Crippen LogP) is 7.53. The van der Waals surface area contributed by atoms with Crippen molar-refractivity contribution in [2.24, 2.45) is 0 Å². The van der Waals surface area contributed by atoms with Crippen molar-refractivity contribution in [3.8, 4) is 0 Å². The van der Waals surface area contributed by atoms with E-state index in [9.17, 15) is 35.4 Å². The topological polar surface area (TPSA) is 169 Å². The second-order valence-electron chi connectivity index (χ2n) is 15.8. The Hall–Kier alpha value is -1.11. The molecule has 0 spiro atoms. The molecule has 0 saturated carbocycles. The summed E-state index contributed by atoms with van der Waals surface area (Å²) in [6.45, 7) is 5.81. The van der Waals surface area contributed by atoms with Crippen LogP contribution < -0.4 is 5.32 Å². The third kappa shape index (κ3) is 24.2. The molecule has 10 heteroatoms. The number of unbranched alkanes of at least 4 members (excludes halogenated alkanes) is 21. The number of rotatable bonds is 35. The Morgan fingerprint density at radius 2 is 1.17 bits per heavy atom. The Morgan fingerprint density at radius 1 is 0.679 bits per heavy atom. The smallest absolute Gasteiger partial charge is 0.249 e. The zero-order valence-electron chi connectivity index (χ0n) is 34.1. The first kappa shape index (κ1) is 49.9. The van der Waals surface area contributed by atoms with Crippen LogP contribution in [0.1, 0.15) is 194 Å². The zero-order valence-corrected chi connectivity index (χ0v) is 34.1. The summed E-state index contributed by atoms with van der Waals surface area (Å²) in [7, 11) is 0. The fraction of sp³-hybridized carbons (Fsp3) is 0.930. The molecular weight excluding hydrogens is 674 g/mol. The number of amides is 1. The van der Waals surface area contributed by atoms with Gasteiger partial charge in [-0.15, -0.1) is 0 Å². The van der Waals surface area contributed by atoms with Crippen molar-refractivity contribution < 1.29 is 44.9 Å². The second kappa shape index (κ2) is 33.1. The van der Waals surface area contributed by atoms with Crippen molar-refractivity contribution in [1.82, 2.24) is 5.32 Å². The summed E-state index contributed by atoms with van der Waals surface area (Å²) in [5.74, 6) is -0.593. The van der Waals surface area contributed by atoms with Gasteiger partial charge in [-0.1, -0.05) is 160 Å². The number of nitrogens with one attached hydrogen (secondary N) is 1. The van der Waals surface area contributed by atoms with Gasteiger partial charge < -0.3 is 45.4 Å². The summed E-state index contributed by atoms with van der Waals surface area (Å²) < 4.78 is 11.2. The molecule has 0 bridgehead atoms. The molecule has 0 radical (unpaired) electrons. The van der Waals surface area contributed by atoms with Crippen molar-refractivity contribution in [2.45, 2.75) is 243 Å². The highest BCUT2D eigenvalue weighted by molar-refractivity contribution is 5.80. The van der Waals surface area contributed by atoms with E-state index in [1.165, 1.54) is 115 Å². The van der Waals surface area contributed by atoms with Crippen molar-refractivity contribution >= 4 is 5.91 Å². The van der Waals surface area contributed by atoms with Gasteiger partial charge in [-0.2, -0.15) is 0 Å². The summed E-state index contributed by atoms with van der Waals surface area (Å²) in [5.41, 5.74) is 1.40. The molecule has 0 aromatic carbocycles. The molecule has 8 atom stereocenters. The van der Waals surface area contributed by atoms with E-state index in [2.05, 4.69) is 32.2 Å². The molecule has 53 heavy (non-hydrogen) atoms. The number of carbonyl (C=O) groups is 1. The van der Waals surface area contributed by atoms with E-state index < -0.39 is 61.5 Å². The van der Waals surface area contributed by atoms with Gasteiger partial charge in [0.15, 0.2) is 6.29 Å². The van der Waals surface area contributed by atoms with Gasteiger partial charge in [0.25, 0.3) is 0 Å². The van der Waals surface area contributed by atoms with E-state index in [0.717, 1.165) is 51.4 Å². The number of hydrogen-bond donors (Lipinski definition) is 7. The minimum Gasteiger partial charge on any atom is -0.394 e. The predicted molar refractivity (Wildman–Crippen MR) is 213 cm³/mol. The van der Waals surface area contributed by atoms with Gasteiger partial charge in [0.2, 0.25) is 5.91 Å². The molecule has 10 nitrogen and oxygen atoms in total. The molecule has 1 fully saturated rings. The standard InChI is InChI=1S/C43H83NO9/c1-4-6-8-10-12-14-16-18-20-22-26-31-37(47)42(51)44-35(33-52-43-41(50)40(49)39(48)38(32-45)53-43)36(46)30-27-23-25-29-34(3)28-24-21-19-17-15-13-11-9-7-5-2/h29,35-41,43,45-50H,4-28,30-33H2,1-3H3,(H,44,51)/b34-29+/t35-,36+,37+,38+,39+,40-,41+,43+/m0/s1. The van der Waals surface area contributed by atoms with E-state index in [1.807, 2.05) is 0 Å². The highest BCUT2D eigenvalue weighted by Crippen LogP contribution is 2.23. The van der Waals surface area contributed by atoms with Crippen LogP contribution >= 0.6 is 0 Å². The van der Waals surface area contributed by atoms with Crippen LogP contribution in [-0.2, 0) is 14.3 Å². The van der Waals surface area contributed by atoms with Crippen molar-refractivity contribution in [3.05, 3.63) is 11.6 Å². The van der Waals surface area contributed by atoms with Crippen LogP contribution in [-0.4, -0.2) is 98.7 Å². The third-order valence-electron chi connectivity index (χ3n) is 10.8. The maximum absolute atomic E-state index is 13.0. The lowest BCUT2D eigenvalue weighted by molar-refractivity contribution is -0.302. The molecule has 1 aliphatic heterocycles. The second-order valence-corrected chi connectivity index (χ2v) is 15.8. The van der Waals surface area contributed by atoms with Crippen LogP contribution in [0.2, 0.25) is 0 Å². The minimum atomic E-state index is -1.60. The quantitative estimate of drug-likeness (QED) is 0.0255. The minimum absolute atomic E-state index is 0.265. The lowest BCUT2D eigenvalue weighted by Crippen LogP contribution is -2.60. The Morgan fingerprint density at radius 3 is 1.70 bits per heavy atom. The summed E-state index contributed by atoms with van der Waals surface area (Å²) in [4.78, 5) is 13.0. The maximum atomic E-state index is 13.0. The van der Waals surface area contributed by atoms with Crippen LogP contribution in [0.3, 0.4) is 0 Å². The number of aliphatic hydroxyl groups excluding tert-OH is 6. The van der Waals surface area contributed by atoms with Crippen LogP contribution in [0, 0.1) is 0 Å². The Balaban J connectivity index is 2.50. The van der Waals surface area contributed by atoms with Crippen LogP contribution in [0.15, 0.2) is 11.6 Å². The van der Waals surface area contributed by atoms with Gasteiger partial charge in [0.05, 0.1) is 25.4 Å². The number of hydrogen-bond acceptors (Lipinski definition) is 9. The van der Waals surface area contributed by atoms with Gasteiger partial charge in [0.1, 0.15) is 30.5 Å². The molecule has 1 heterocycles. The molecular formula is C43H83NO9. The molecule has 1 rings (SSSR count). The van der Waals surface area contributed by atoms with Gasteiger partial charge >= 0.3 is 0 Å². The highest BCUT2D eigenvalue weighted by atomic mass is 16.7. The van der Waals surface area contributed by atoms with Crippen LogP contribution in [0.5, 0.6) is 0 Å². The molecule has 1 saturated heterocycles. The molecule has 1 aliphatic rings. The average molecular weight is 758 g/mol. The van der Waals surface area contributed by atoms with Crippen LogP contribution in [0.25, 0.3) is 0 Å². The normalized spacial score (nSPS) is 22.5. The van der Waals surface area contributed by atoms with Crippen molar-refractivity contribution in [3.63, 3.8) is 0 Å². The molecule has 314 valence electrons.